The lowest BCUT2D eigenvalue weighted by atomic mass is 10.0. The molecule has 0 heterocycles. The zero-order valence-electron chi connectivity index (χ0n) is 22.6. The van der Waals surface area contributed by atoms with E-state index in [0.29, 0.717) is 23.3 Å². The molecule has 0 bridgehead atoms. The maximum Gasteiger partial charge on any atom is 0.252 e. The van der Waals surface area contributed by atoms with Gasteiger partial charge in [0.05, 0.1) is 6.04 Å². The van der Waals surface area contributed by atoms with Crippen molar-refractivity contribution in [3.63, 3.8) is 0 Å². The number of aryl methyl sites for hydroxylation is 1. The standard InChI is InChI=1S/C31H35N3O5/c1-20(2)28(19-35)34-29(36)22(4)32-31(38)27(17-23-11-8-10-21(3)16-23)33-30(37)24-12-9-15-26(18-24)39-25-13-6-5-7-14-25/h5-16,18-20,22,27-28H,17H2,1-4H3,(H,32,38)(H,33,37)(H,34,36). The van der Waals surface area contributed by atoms with Crippen molar-refractivity contribution in [2.24, 2.45) is 5.92 Å². The molecule has 3 unspecified atom stereocenters. The normalized spacial score (nSPS) is 13.1. The Balaban J connectivity index is 1.76. The summed E-state index contributed by atoms with van der Waals surface area (Å²) < 4.78 is 5.84. The van der Waals surface area contributed by atoms with Crippen molar-refractivity contribution < 1.29 is 23.9 Å². The van der Waals surface area contributed by atoms with Crippen LogP contribution in [0.5, 0.6) is 11.5 Å². The third kappa shape index (κ3) is 8.81. The highest BCUT2D eigenvalue weighted by Gasteiger charge is 2.27. The zero-order valence-corrected chi connectivity index (χ0v) is 22.6. The molecule has 3 atom stereocenters. The minimum atomic E-state index is -0.958. The Kier molecular flexibility index (Phi) is 10.4. The fraction of sp³-hybridized carbons (Fsp3) is 0.290. The van der Waals surface area contributed by atoms with Crippen molar-refractivity contribution in [1.29, 1.82) is 0 Å². The Morgan fingerprint density at radius 1 is 0.795 bits per heavy atom. The summed E-state index contributed by atoms with van der Waals surface area (Å²) in [6.45, 7) is 7.11. The maximum atomic E-state index is 13.3. The van der Waals surface area contributed by atoms with Gasteiger partial charge in [-0.1, -0.05) is 67.9 Å². The van der Waals surface area contributed by atoms with E-state index in [-0.39, 0.29) is 12.3 Å². The topological polar surface area (TPSA) is 114 Å². The first kappa shape index (κ1) is 29.1. The molecular formula is C31H35N3O5. The average Bonchev–Trinajstić information content (AvgIpc) is 2.91. The van der Waals surface area contributed by atoms with Gasteiger partial charge in [-0.15, -0.1) is 0 Å². The Bertz CT molecular complexity index is 1290. The molecule has 0 aliphatic rings. The van der Waals surface area contributed by atoms with Gasteiger partial charge in [0.25, 0.3) is 5.91 Å². The van der Waals surface area contributed by atoms with Crippen LogP contribution in [-0.4, -0.2) is 42.1 Å². The molecule has 8 heteroatoms. The molecule has 3 amide bonds. The molecule has 0 aromatic heterocycles. The number of carbonyl (C=O) groups is 4. The molecule has 0 radical (unpaired) electrons. The quantitative estimate of drug-likeness (QED) is 0.307. The van der Waals surface area contributed by atoms with E-state index in [0.717, 1.165) is 11.1 Å². The van der Waals surface area contributed by atoms with Gasteiger partial charge >= 0.3 is 0 Å². The minimum absolute atomic E-state index is 0.0932. The summed E-state index contributed by atoms with van der Waals surface area (Å²) >= 11 is 0. The molecule has 0 saturated heterocycles. The van der Waals surface area contributed by atoms with Crippen LogP contribution in [0.4, 0.5) is 0 Å². The first-order chi connectivity index (χ1) is 18.7. The second kappa shape index (κ2) is 13.9. The van der Waals surface area contributed by atoms with Crippen molar-refractivity contribution in [3.8, 4) is 11.5 Å². The molecular weight excluding hydrogens is 494 g/mol. The van der Waals surface area contributed by atoms with Gasteiger partial charge in [-0.25, -0.2) is 0 Å². The SMILES string of the molecule is Cc1cccc(CC(NC(=O)c2cccc(Oc3ccccc3)c2)C(=O)NC(C)C(=O)NC(C=O)C(C)C)c1. The molecule has 3 rings (SSSR count). The smallest absolute Gasteiger partial charge is 0.252 e. The first-order valence-electron chi connectivity index (χ1n) is 12.9. The number of para-hydroxylation sites is 1. The van der Waals surface area contributed by atoms with Crippen LogP contribution in [0.3, 0.4) is 0 Å². The number of aldehydes is 1. The number of carbonyl (C=O) groups excluding carboxylic acids is 4. The van der Waals surface area contributed by atoms with Crippen LogP contribution in [-0.2, 0) is 20.8 Å². The molecule has 3 N–H and O–H groups in total. The predicted molar refractivity (Wildman–Crippen MR) is 150 cm³/mol. The van der Waals surface area contributed by atoms with Gasteiger partial charge in [0.15, 0.2) is 0 Å². The second-order valence-corrected chi connectivity index (χ2v) is 9.81. The second-order valence-electron chi connectivity index (χ2n) is 9.81. The Morgan fingerprint density at radius 3 is 2.15 bits per heavy atom. The molecule has 8 nitrogen and oxygen atoms in total. The molecule has 0 aliphatic carbocycles. The highest BCUT2D eigenvalue weighted by molar-refractivity contribution is 5.98. The van der Waals surface area contributed by atoms with Gasteiger partial charge in [-0.05, 0) is 55.7 Å². The number of amides is 3. The number of hydrogen-bond donors (Lipinski definition) is 3. The lowest BCUT2D eigenvalue weighted by Crippen LogP contribution is -2.55. The molecule has 204 valence electrons. The summed E-state index contributed by atoms with van der Waals surface area (Å²) in [5.41, 5.74) is 2.20. The van der Waals surface area contributed by atoms with E-state index in [9.17, 15) is 19.2 Å². The summed E-state index contributed by atoms with van der Waals surface area (Å²) in [7, 11) is 0. The van der Waals surface area contributed by atoms with E-state index in [1.54, 1.807) is 24.3 Å². The minimum Gasteiger partial charge on any atom is -0.457 e. The molecule has 3 aromatic rings. The molecule has 3 aromatic carbocycles. The van der Waals surface area contributed by atoms with Crippen molar-refractivity contribution in [2.45, 2.75) is 52.2 Å². The number of benzene rings is 3. The Morgan fingerprint density at radius 2 is 1.49 bits per heavy atom. The molecule has 39 heavy (non-hydrogen) atoms. The van der Waals surface area contributed by atoms with Gasteiger partial charge in [-0.2, -0.15) is 0 Å². The lowest BCUT2D eigenvalue weighted by molar-refractivity contribution is -0.130. The highest BCUT2D eigenvalue weighted by atomic mass is 16.5. The van der Waals surface area contributed by atoms with E-state index in [1.807, 2.05) is 75.4 Å². The van der Waals surface area contributed by atoms with E-state index in [1.165, 1.54) is 6.92 Å². The summed E-state index contributed by atoms with van der Waals surface area (Å²) in [6.07, 6.45) is 0.893. The van der Waals surface area contributed by atoms with Crippen LogP contribution < -0.4 is 20.7 Å². The van der Waals surface area contributed by atoms with Gasteiger partial charge in [0, 0.05) is 12.0 Å². The van der Waals surface area contributed by atoms with Crippen LogP contribution in [0, 0.1) is 12.8 Å². The molecule has 0 spiro atoms. The first-order valence-corrected chi connectivity index (χ1v) is 12.9. The van der Waals surface area contributed by atoms with E-state index in [2.05, 4.69) is 16.0 Å². The number of rotatable bonds is 12. The fourth-order valence-electron chi connectivity index (χ4n) is 3.88. The van der Waals surface area contributed by atoms with Gasteiger partial charge < -0.3 is 25.5 Å². The van der Waals surface area contributed by atoms with Crippen molar-refractivity contribution >= 4 is 24.0 Å². The third-order valence-electron chi connectivity index (χ3n) is 6.15. The largest absolute Gasteiger partial charge is 0.457 e. The summed E-state index contributed by atoms with van der Waals surface area (Å²) in [6, 6.07) is 21.0. The maximum absolute atomic E-state index is 13.3. The number of hydrogen-bond acceptors (Lipinski definition) is 5. The Hall–Kier alpha value is -4.46. The van der Waals surface area contributed by atoms with Gasteiger partial charge in [0.2, 0.25) is 11.8 Å². The van der Waals surface area contributed by atoms with Crippen LogP contribution in [0.15, 0.2) is 78.9 Å². The average molecular weight is 530 g/mol. The van der Waals surface area contributed by atoms with Crippen molar-refractivity contribution in [1.82, 2.24) is 16.0 Å². The van der Waals surface area contributed by atoms with Gasteiger partial charge in [0.1, 0.15) is 29.9 Å². The highest BCUT2D eigenvalue weighted by Crippen LogP contribution is 2.22. The van der Waals surface area contributed by atoms with Gasteiger partial charge in [-0.3, -0.25) is 14.4 Å². The lowest BCUT2D eigenvalue weighted by Gasteiger charge is -2.23. The van der Waals surface area contributed by atoms with Crippen molar-refractivity contribution in [2.75, 3.05) is 0 Å². The molecule has 0 saturated carbocycles. The predicted octanol–water partition coefficient (Wildman–Crippen LogP) is 3.97. The molecule has 0 fully saturated rings. The third-order valence-corrected chi connectivity index (χ3v) is 6.15. The number of nitrogens with one attached hydrogen (secondary N) is 3. The van der Waals surface area contributed by atoms with Crippen LogP contribution in [0.2, 0.25) is 0 Å². The summed E-state index contributed by atoms with van der Waals surface area (Å²) in [4.78, 5) is 50.5. The van der Waals surface area contributed by atoms with E-state index < -0.39 is 35.8 Å². The van der Waals surface area contributed by atoms with E-state index >= 15 is 0 Å². The van der Waals surface area contributed by atoms with Crippen LogP contribution >= 0.6 is 0 Å². The van der Waals surface area contributed by atoms with Crippen LogP contribution in [0.25, 0.3) is 0 Å². The zero-order chi connectivity index (χ0) is 28.4. The van der Waals surface area contributed by atoms with Crippen LogP contribution in [0.1, 0.15) is 42.3 Å². The Labute approximate surface area is 229 Å². The van der Waals surface area contributed by atoms with Crippen molar-refractivity contribution in [3.05, 3.63) is 95.6 Å². The summed E-state index contributed by atoms with van der Waals surface area (Å²) in [5.74, 6) is -0.442. The number of ether oxygens (including phenoxy) is 1. The molecule has 0 aliphatic heterocycles. The monoisotopic (exact) mass is 529 g/mol. The summed E-state index contributed by atoms with van der Waals surface area (Å²) in [5, 5.41) is 8.13. The fourth-order valence-corrected chi connectivity index (χ4v) is 3.88. The van der Waals surface area contributed by atoms with E-state index in [4.69, 9.17) is 4.74 Å².